The summed E-state index contributed by atoms with van der Waals surface area (Å²) in [5, 5.41) is 3.76. The van der Waals surface area contributed by atoms with E-state index in [0.717, 1.165) is 0 Å². The molecule has 3 rings (SSSR count). The fourth-order valence-electron chi connectivity index (χ4n) is 3.70. The molecule has 2 aliphatic rings. The van der Waals surface area contributed by atoms with Crippen LogP contribution in [0.25, 0.3) is 0 Å². The number of nitrogens with zero attached hydrogens (tertiary/aromatic N) is 1. The first-order valence-electron chi connectivity index (χ1n) is 8.08. The molecular weight excluding hydrogens is 246 g/mol. The van der Waals surface area contributed by atoms with Crippen molar-refractivity contribution in [3.05, 3.63) is 29.3 Å². The van der Waals surface area contributed by atoms with Gasteiger partial charge in [0.2, 0.25) is 0 Å². The highest BCUT2D eigenvalue weighted by Crippen LogP contribution is 2.29. The van der Waals surface area contributed by atoms with E-state index >= 15 is 0 Å². The predicted octanol–water partition coefficient (Wildman–Crippen LogP) is 2.60. The van der Waals surface area contributed by atoms with Crippen LogP contribution in [0.15, 0.2) is 18.2 Å². The van der Waals surface area contributed by atoms with Crippen LogP contribution in [0.3, 0.4) is 0 Å². The zero-order valence-electron chi connectivity index (χ0n) is 12.6. The Bertz CT molecular complexity index is 452. The van der Waals surface area contributed by atoms with Crippen LogP contribution in [0.2, 0.25) is 0 Å². The Labute approximate surface area is 122 Å². The highest BCUT2D eigenvalue weighted by atomic mass is 15.1. The maximum absolute atomic E-state index is 6.01. The molecule has 0 spiro atoms. The van der Waals surface area contributed by atoms with E-state index in [1.165, 1.54) is 61.9 Å². The number of nitrogens with two attached hydrogens (primary N) is 1. The first-order chi connectivity index (χ1) is 9.78. The lowest BCUT2D eigenvalue weighted by Gasteiger charge is -2.29. The molecule has 1 atom stereocenters. The zero-order chi connectivity index (χ0) is 13.9. The van der Waals surface area contributed by atoms with Gasteiger partial charge < -0.3 is 16.0 Å². The second-order valence-corrected chi connectivity index (χ2v) is 6.35. The van der Waals surface area contributed by atoms with Crippen LogP contribution in [0.4, 0.5) is 5.69 Å². The van der Waals surface area contributed by atoms with Gasteiger partial charge in [0.05, 0.1) is 0 Å². The lowest BCUT2D eigenvalue weighted by atomic mass is 9.96. The van der Waals surface area contributed by atoms with E-state index in [-0.39, 0.29) is 0 Å². The van der Waals surface area contributed by atoms with Gasteiger partial charge in [0, 0.05) is 37.9 Å². The normalized spacial score (nSPS) is 21.0. The molecule has 20 heavy (non-hydrogen) atoms. The van der Waals surface area contributed by atoms with Gasteiger partial charge in [0.1, 0.15) is 0 Å². The SMILES string of the molecule is CN1CCCc2cc(C(CN)NC3CCCC3)ccc21. The summed E-state index contributed by atoms with van der Waals surface area (Å²) in [6.07, 6.45) is 7.81. The van der Waals surface area contributed by atoms with Crippen molar-refractivity contribution in [3.8, 4) is 0 Å². The largest absolute Gasteiger partial charge is 0.374 e. The first kappa shape index (κ1) is 13.9. The lowest BCUT2D eigenvalue weighted by molar-refractivity contribution is 0.444. The van der Waals surface area contributed by atoms with Crippen molar-refractivity contribution in [1.29, 1.82) is 0 Å². The lowest BCUT2D eigenvalue weighted by Crippen LogP contribution is -2.35. The van der Waals surface area contributed by atoms with E-state index in [4.69, 9.17) is 5.73 Å². The minimum absolute atomic E-state index is 0.315. The first-order valence-corrected chi connectivity index (χ1v) is 8.08. The predicted molar refractivity (Wildman–Crippen MR) is 85.2 cm³/mol. The van der Waals surface area contributed by atoms with Gasteiger partial charge in [0.15, 0.2) is 0 Å². The van der Waals surface area contributed by atoms with Crippen molar-refractivity contribution < 1.29 is 0 Å². The number of anilines is 1. The molecule has 1 aromatic carbocycles. The standard InChI is InChI=1S/C17H27N3/c1-20-10-4-5-14-11-13(8-9-17(14)20)16(12-18)19-15-6-2-3-7-15/h8-9,11,15-16,19H,2-7,10,12,18H2,1H3. The van der Waals surface area contributed by atoms with Crippen LogP contribution >= 0.6 is 0 Å². The summed E-state index contributed by atoms with van der Waals surface area (Å²) >= 11 is 0. The summed E-state index contributed by atoms with van der Waals surface area (Å²) < 4.78 is 0. The molecule has 1 aromatic rings. The van der Waals surface area contributed by atoms with Crippen molar-refractivity contribution in [2.45, 2.75) is 50.6 Å². The molecule has 1 unspecified atom stereocenters. The van der Waals surface area contributed by atoms with Gasteiger partial charge in [0.25, 0.3) is 0 Å². The van der Waals surface area contributed by atoms with Crippen LogP contribution < -0.4 is 16.0 Å². The number of hydrogen-bond acceptors (Lipinski definition) is 3. The molecule has 1 aliphatic carbocycles. The molecule has 0 amide bonds. The molecule has 1 fully saturated rings. The van der Waals surface area contributed by atoms with E-state index in [1.54, 1.807) is 0 Å². The third-order valence-electron chi connectivity index (χ3n) is 4.88. The third kappa shape index (κ3) is 2.84. The number of hydrogen-bond donors (Lipinski definition) is 2. The molecular formula is C17H27N3. The number of rotatable bonds is 4. The minimum Gasteiger partial charge on any atom is -0.374 e. The number of benzene rings is 1. The Hall–Kier alpha value is -1.06. The van der Waals surface area contributed by atoms with Gasteiger partial charge in [-0.3, -0.25) is 0 Å². The van der Waals surface area contributed by atoms with Crippen molar-refractivity contribution in [2.24, 2.45) is 5.73 Å². The quantitative estimate of drug-likeness (QED) is 0.886. The Kier molecular flexibility index (Phi) is 4.27. The van der Waals surface area contributed by atoms with Gasteiger partial charge in [-0.2, -0.15) is 0 Å². The summed E-state index contributed by atoms with van der Waals surface area (Å²) in [6, 6.07) is 7.91. The molecule has 0 aromatic heterocycles. The Balaban J connectivity index is 1.77. The molecule has 1 saturated carbocycles. The smallest absolute Gasteiger partial charge is 0.0446 e. The Morgan fingerprint density at radius 1 is 1.30 bits per heavy atom. The van der Waals surface area contributed by atoms with E-state index in [2.05, 4.69) is 35.5 Å². The maximum atomic E-state index is 6.01. The monoisotopic (exact) mass is 273 g/mol. The number of nitrogens with one attached hydrogen (secondary N) is 1. The van der Waals surface area contributed by atoms with Crippen LogP contribution in [0, 0.1) is 0 Å². The van der Waals surface area contributed by atoms with Gasteiger partial charge in [-0.15, -0.1) is 0 Å². The van der Waals surface area contributed by atoms with Crippen LogP contribution in [0.1, 0.15) is 49.3 Å². The molecule has 1 aliphatic heterocycles. The van der Waals surface area contributed by atoms with Gasteiger partial charge >= 0.3 is 0 Å². The highest BCUT2D eigenvalue weighted by molar-refractivity contribution is 5.56. The summed E-state index contributed by atoms with van der Waals surface area (Å²) in [7, 11) is 2.19. The van der Waals surface area contributed by atoms with Crippen LogP contribution in [-0.2, 0) is 6.42 Å². The van der Waals surface area contributed by atoms with Gasteiger partial charge in [-0.25, -0.2) is 0 Å². The molecule has 0 bridgehead atoms. The van der Waals surface area contributed by atoms with Gasteiger partial charge in [-0.05, 0) is 42.9 Å². The third-order valence-corrected chi connectivity index (χ3v) is 4.88. The number of aryl methyl sites for hydroxylation is 1. The van der Waals surface area contributed by atoms with Gasteiger partial charge in [-0.1, -0.05) is 25.0 Å². The molecule has 0 saturated heterocycles. The molecule has 3 heteroatoms. The Morgan fingerprint density at radius 3 is 2.85 bits per heavy atom. The van der Waals surface area contributed by atoms with E-state index in [9.17, 15) is 0 Å². The average molecular weight is 273 g/mol. The molecule has 0 radical (unpaired) electrons. The van der Waals surface area contributed by atoms with Crippen LogP contribution in [-0.4, -0.2) is 26.2 Å². The summed E-state index contributed by atoms with van der Waals surface area (Å²) in [5.41, 5.74) is 10.3. The van der Waals surface area contributed by atoms with Crippen molar-refractivity contribution in [3.63, 3.8) is 0 Å². The van der Waals surface area contributed by atoms with E-state index in [1.807, 2.05) is 0 Å². The fourth-order valence-corrected chi connectivity index (χ4v) is 3.70. The molecule has 3 N–H and O–H groups in total. The molecule has 1 heterocycles. The second kappa shape index (κ2) is 6.15. The average Bonchev–Trinajstić information content (AvgIpc) is 2.97. The van der Waals surface area contributed by atoms with Crippen molar-refractivity contribution in [1.82, 2.24) is 5.32 Å². The van der Waals surface area contributed by atoms with Crippen LogP contribution in [0.5, 0.6) is 0 Å². The topological polar surface area (TPSA) is 41.3 Å². The summed E-state index contributed by atoms with van der Waals surface area (Å²) in [4.78, 5) is 2.37. The zero-order valence-corrected chi connectivity index (χ0v) is 12.6. The number of fused-ring (bicyclic) bond motifs is 1. The summed E-state index contributed by atoms with van der Waals surface area (Å²) in [6.45, 7) is 1.86. The minimum atomic E-state index is 0.315. The molecule has 3 nitrogen and oxygen atoms in total. The molecule has 110 valence electrons. The second-order valence-electron chi connectivity index (χ2n) is 6.35. The van der Waals surface area contributed by atoms with E-state index in [0.29, 0.717) is 18.6 Å². The van der Waals surface area contributed by atoms with Crippen molar-refractivity contribution >= 4 is 5.69 Å². The van der Waals surface area contributed by atoms with E-state index < -0.39 is 0 Å². The Morgan fingerprint density at radius 2 is 2.10 bits per heavy atom. The van der Waals surface area contributed by atoms with Crippen molar-refractivity contribution in [2.75, 3.05) is 25.0 Å². The summed E-state index contributed by atoms with van der Waals surface area (Å²) in [5.74, 6) is 0. The highest BCUT2D eigenvalue weighted by Gasteiger charge is 2.21. The fraction of sp³-hybridized carbons (Fsp3) is 0.647. The maximum Gasteiger partial charge on any atom is 0.0446 e.